The van der Waals surface area contributed by atoms with E-state index >= 15 is 0 Å². The Morgan fingerprint density at radius 2 is 1.90 bits per heavy atom. The Morgan fingerprint density at radius 3 is 2.50 bits per heavy atom. The fourth-order valence-corrected chi connectivity index (χ4v) is 3.38. The summed E-state index contributed by atoms with van der Waals surface area (Å²) in [6, 6.07) is 10.6. The van der Waals surface area contributed by atoms with Crippen molar-refractivity contribution in [1.29, 1.82) is 0 Å². The zero-order valence-corrected chi connectivity index (χ0v) is 15.3. The third-order valence-electron chi connectivity index (χ3n) is 3.59. The Hall–Kier alpha value is -0.610. The summed E-state index contributed by atoms with van der Waals surface area (Å²) in [6.45, 7) is 7.37. The molecule has 1 aromatic carbocycles. The van der Waals surface area contributed by atoms with E-state index in [1.807, 2.05) is 6.92 Å². The number of benzene rings is 1. The van der Waals surface area contributed by atoms with Crippen LogP contribution in [0.2, 0.25) is 0 Å². The van der Waals surface area contributed by atoms with Crippen LogP contribution in [-0.4, -0.2) is 9.78 Å². The van der Waals surface area contributed by atoms with Crippen LogP contribution in [0.15, 0.2) is 34.8 Å². The van der Waals surface area contributed by atoms with Crippen LogP contribution in [0.3, 0.4) is 0 Å². The van der Waals surface area contributed by atoms with Crippen LogP contribution in [0, 0.1) is 12.8 Å². The van der Waals surface area contributed by atoms with Gasteiger partial charge in [0, 0.05) is 11.4 Å². The number of hydrogen-bond acceptors (Lipinski definition) is 1. The van der Waals surface area contributed by atoms with Crippen molar-refractivity contribution >= 4 is 31.9 Å². The highest BCUT2D eigenvalue weighted by atomic mass is 79.9. The van der Waals surface area contributed by atoms with Crippen molar-refractivity contribution in [2.75, 3.05) is 0 Å². The molecule has 0 aliphatic heterocycles. The zero-order chi connectivity index (χ0) is 14.7. The smallest absolute Gasteiger partial charge is 0.0738 e. The number of alkyl halides is 1. The number of aryl methyl sites for hydroxylation is 2. The maximum atomic E-state index is 4.57. The average molecular weight is 400 g/mol. The molecule has 0 fully saturated rings. The lowest BCUT2D eigenvalue weighted by Gasteiger charge is -2.19. The summed E-state index contributed by atoms with van der Waals surface area (Å²) in [5, 5.41) is 4.57. The normalized spacial score (nSPS) is 14.2. The molecule has 0 bridgehead atoms. The van der Waals surface area contributed by atoms with Gasteiger partial charge in [0.1, 0.15) is 0 Å². The van der Waals surface area contributed by atoms with Crippen molar-refractivity contribution in [3.8, 4) is 0 Å². The second-order valence-corrected chi connectivity index (χ2v) is 6.94. The standard InChI is InChI=1S/C16H20Br2N2/c1-4-20-14(16(18)12(3)19-20)10-11(2)15(17)13-8-6-5-7-9-13/h5-9,11,15H,4,10H2,1-3H3. The first-order valence-corrected chi connectivity index (χ1v) is 8.66. The highest BCUT2D eigenvalue weighted by molar-refractivity contribution is 9.10. The summed E-state index contributed by atoms with van der Waals surface area (Å²) < 4.78 is 3.25. The summed E-state index contributed by atoms with van der Waals surface area (Å²) >= 11 is 7.52. The number of rotatable bonds is 5. The molecule has 2 unspecified atom stereocenters. The predicted octanol–water partition coefficient (Wildman–Crippen LogP) is 5.29. The van der Waals surface area contributed by atoms with Crippen molar-refractivity contribution in [2.24, 2.45) is 5.92 Å². The van der Waals surface area contributed by atoms with E-state index in [-0.39, 0.29) is 0 Å². The van der Waals surface area contributed by atoms with Crippen LogP contribution in [0.4, 0.5) is 0 Å². The third-order valence-corrected chi connectivity index (χ3v) is 6.05. The van der Waals surface area contributed by atoms with E-state index in [1.165, 1.54) is 11.3 Å². The van der Waals surface area contributed by atoms with E-state index in [9.17, 15) is 0 Å². The first-order chi connectivity index (χ1) is 9.54. The maximum Gasteiger partial charge on any atom is 0.0738 e. The summed E-state index contributed by atoms with van der Waals surface area (Å²) in [5.41, 5.74) is 3.69. The van der Waals surface area contributed by atoms with Gasteiger partial charge >= 0.3 is 0 Å². The van der Waals surface area contributed by atoms with Gasteiger partial charge in [-0.25, -0.2) is 0 Å². The van der Waals surface area contributed by atoms with E-state index in [0.29, 0.717) is 10.7 Å². The fraction of sp³-hybridized carbons (Fsp3) is 0.438. The first-order valence-electron chi connectivity index (χ1n) is 6.95. The molecule has 4 heteroatoms. The molecule has 0 radical (unpaired) electrons. The molecule has 20 heavy (non-hydrogen) atoms. The van der Waals surface area contributed by atoms with Gasteiger partial charge in [-0.05, 0) is 47.7 Å². The second kappa shape index (κ2) is 6.90. The SMILES string of the molecule is CCn1nc(C)c(Br)c1CC(C)C(Br)c1ccccc1. The molecule has 0 amide bonds. The topological polar surface area (TPSA) is 17.8 Å². The quantitative estimate of drug-likeness (QED) is 0.624. The van der Waals surface area contributed by atoms with Gasteiger partial charge < -0.3 is 0 Å². The van der Waals surface area contributed by atoms with Crippen LogP contribution >= 0.6 is 31.9 Å². The Labute approximate surface area is 137 Å². The average Bonchev–Trinajstić information content (AvgIpc) is 2.75. The van der Waals surface area contributed by atoms with Gasteiger partial charge in [-0.3, -0.25) is 4.68 Å². The van der Waals surface area contributed by atoms with Crippen molar-refractivity contribution in [2.45, 2.75) is 38.6 Å². The van der Waals surface area contributed by atoms with Crippen molar-refractivity contribution in [1.82, 2.24) is 9.78 Å². The molecule has 0 saturated carbocycles. The molecule has 2 atom stereocenters. The lowest BCUT2D eigenvalue weighted by molar-refractivity contribution is 0.523. The highest BCUT2D eigenvalue weighted by Crippen LogP contribution is 2.34. The Morgan fingerprint density at radius 1 is 1.25 bits per heavy atom. The van der Waals surface area contributed by atoms with E-state index < -0.39 is 0 Å². The summed E-state index contributed by atoms with van der Waals surface area (Å²) in [4.78, 5) is 0.358. The van der Waals surface area contributed by atoms with Gasteiger partial charge in [-0.2, -0.15) is 5.10 Å². The van der Waals surface area contributed by atoms with E-state index in [1.54, 1.807) is 0 Å². The molecule has 0 aliphatic carbocycles. The number of hydrogen-bond donors (Lipinski definition) is 0. The van der Waals surface area contributed by atoms with Crippen LogP contribution in [0.1, 0.15) is 35.6 Å². The Balaban J connectivity index is 2.18. The Bertz CT molecular complexity index is 563. The molecule has 0 aliphatic rings. The molecular formula is C16H20Br2N2. The van der Waals surface area contributed by atoms with Crippen LogP contribution in [0.5, 0.6) is 0 Å². The lowest BCUT2D eigenvalue weighted by Crippen LogP contribution is -2.12. The minimum absolute atomic E-state index is 0.358. The van der Waals surface area contributed by atoms with Gasteiger partial charge in [0.15, 0.2) is 0 Å². The van der Waals surface area contributed by atoms with Gasteiger partial charge in [-0.15, -0.1) is 0 Å². The molecule has 0 N–H and O–H groups in total. The second-order valence-electron chi connectivity index (χ2n) is 5.16. The highest BCUT2D eigenvalue weighted by Gasteiger charge is 2.21. The monoisotopic (exact) mass is 398 g/mol. The molecule has 2 rings (SSSR count). The van der Waals surface area contributed by atoms with Gasteiger partial charge in [-0.1, -0.05) is 53.2 Å². The molecular weight excluding hydrogens is 380 g/mol. The Kier molecular flexibility index (Phi) is 5.44. The maximum absolute atomic E-state index is 4.57. The number of nitrogens with zero attached hydrogens (tertiary/aromatic N) is 2. The van der Waals surface area contributed by atoms with Crippen LogP contribution in [0.25, 0.3) is 0 Å². The van der Waals surface area contributed by atoms with Gasteiger partial charge in [0.25, 0.3) is 0 Å². The van der Waals surface area contributed by atoms with Crippen molar-refractivity contribution in [3.05, 3.63) is 51.8 Å². The summed E-state index contributed by atoms with van der Waals surface area (Å²) in [6.07, 6.45) is 1.00. The van der Waals surface area contributed by atoms with E-state index in [4.69, 9.17) is 0 Å². The predicted molar refractivity (Wildman–Crippen MR) is 91.3 cm³/mol. The largest absolute Gasteiger partial charge is 0.268 e. The number of halogens is 2. The van der Waals surface area contributed by atoms with Gasteiger partial charge in [0.05, 0.1) is 15.9 Å². The van der Waals surface area contributed by atoms with Gasteiger partial charge in [0.2, 0.25) is 0 Å². The summed E-state index contributed by atoms with van der Waals surface area (Å²) in [7, 11) is 0. The van der Waals surface area contributed by atoms with E-state index in [0.717, 1.165) is 23.1 Å². The van der Waals surface area contributed by atoms with E-state index in [2.05, 4.69) is 85.8 Å². The molecule has 2 nitrogen and oxygen atoms in total. The lowest BCUT2D eigenvalue weighted by atomic mass is 9.96. The fourth-order valence-electron chi connectivity index (χ4n) is 2.44. The number of aromatic nitrogens is 2. The van der Waals surface area contributed by atoms with Crippen LogP contribution in [-0.2, 0) is 13.0 Å². The molecule has 1 heterocycles. The van der Waals surface area contributed by atoms with Crippen molar-refractivity contribution < 1.29 is 0 Å². The molecule has 2 aromatic rings. The minimum atomic E-state index is 0.358. The molecule has 108 valence electrons. The molecule has 1 aromatic heterocycles. The minimum Gasteiger partial charge on any atom is -0.268 e. The summed E-state index contributed by atoms with van der Waals surface area (Å²) in [5.74, 6) is 0.495. The zero-order valence-electron chi connectivity index (χ0n) is 12.1. The first kappa shape index (κ1) is 15.8. The van der Waals surface area contributed by atoms with Crippen LogP contribution < -0.4 is 0 Å². The van der Waals surface area contributed by atoms with Crippen molar-refractivity contribution in [3.63, 3.8) is 0 Å². The molecule has 0 saturated heterocycles. The molecule has 0 spiro atoms. The third kappa shape index (κ3) is 3.34.